The Kier molecular flexibility index (Phi) is 4.12. The van der Waals surface area contributed by atoms with Crippen LogP contribution in [-0.2, 0) is 13.6 Å². The Balaban J connectivity index is 1.91. The van der Waals surface area contributed by atoms with Gasteiger partial charge >= 0.3 is 0 Å². The number of aromatic nitrogens is 2. The molecule has 1 aromatic heterocycles. The highest BCUT2D eigenvalue weighted by molar-refractivity contribution is 6.31. The van der Waals surface area contributed by atoms with Crippen molar-refractivity contribution in [1.29, 1.82) is 0 Å². The van der Waals surface area contributed by atoms with Crippen molar-refractivity contribution in [2.24, 2.45) is 7.05 Å². The molecule has 1 amide bonds. The maximum absolute atomic E-state index is 12.4. The van der Waals surface area contributed by atoms with Crippen LogP contribution in [0.5, 0.6) is 0 Å². The molecule has 0 aliphatic carbocycles. The van der Waals surface area contributed by atoms with Gasteiger partial charge in [-0.2, -0.15) is 5.10 Å². The van der Waals surface area contributed by atoms with Crippen LogP contribution in [-0.4, -0.2) is 15.7 Å². The first kappa shape index (κ1) is 15.2. The summed E-state index contributed by atoms with van der Waals surface area (Å²) in [5.74, 6) is -0.517. The number of hydrogen-bond donors (Lipinski definition) is 1. The Morgan fingerprint density at radius 2 is 1.87 bits per heavy atom. The zero-order chi connectivity index (χ0) is 16.4. The van der Waals surface area contributed by atoms with Gasteiger partial charge < -0.3 is 5.32 Å². The number of nitrogens with zero attached hydrogens (tertiary/aromatic N) is 2. The highest BCUT2D eigenvalue weighted by atomic mass is 35.5. The maximum atomic E-state index is 12.4. The van der Waals surface area contributed by atoms with Gasteiger partial charge in [0.2, 0.25) is 5.43 Å². The van der Waals surface area contributed by atoms with Gasteiger partial charge in [0.25, 0.3) is 5.91 Å². The highest BCUT2D eigenvalue weighted by Crippen LogP contribution is 2.14. The predicted molar refractivity (Wildman–Crippen MR) is 89.6 cm³/mol. The standard InChI is InChI=1S/C17H14ClN3O2/c1-21-14-9-5-3-7-12(14)16(22)15(20-21)17(23)19-10-11-6-2-4-8-13(11)18/h2-9H,10H2,1H3,(H,19,23). The van der Waals surface area contributed by atoms with Crippen molar-refractivity contribution >= 4 is 28.4 Å². The molecule has 3 rings (SSSR count). The van der Waals surface area contributed by atoms with Gasteiger partial charge in [0, 0.05) is 24.0 Å². The Hall–Kier alpha value is -2.66. The van der Waals surface area contributed by atoms with Crippen molar-refractivity contribution in [3.05, 3.63) is 75.0 Å². The third-order valence-corrected chi connectivity index (χ3v) is 3.94. The molecule has 3 aromatic rings. The Morgan fingerprint density at radius 1 is 1.17 bits per heavy atom. The number of benzene rings is 2. The average molecular weight is 328 g/mol. The number of amides is 1. The molecule has 0 saturated heterocycles. The normalized spacial score (nSPS) is 10.7. The molecule has 0 spiro atoms. The number of aryl methyl sites for hydroxylation is 1. The van der Waals surface area contributed by atoms with E-state index in [1.807, 2.05) is 24.3 Å². The summed E-state index contributed by atoms with van der Waals surface area (Å²) in [5, 5.41) is 7.81. The molecule has 0 saturated carbocycles. The average Bonchev–Trinajstić information content (AvgIpc) is 2.57. The fraction of sp³-hybridized carbons (Fsp3) is 0.118. The zero-order valence-corrected chi connectivity index (χ0v) is 13.2. The van der Waals surface area contributed by atoms with E-state index in [9.17, 15) is 9.59 Å². The fourth-order valence-electron chi connectivity index (χ4n) is 2.37. The number of nitrogens with one attached hydrogen (secondary N) is 1. The van der Waals surface area contributed by atoms with Crippen molar-refractivity contribution in [2.75, 3.05) is 0 Å². The summed E-state index contributed by atoms with van der Waals surface area (Å²) in [6, 6.07) is 14.3. The van der Waals surface area contributed by atoms with Crippen molar-refractivity contribution in [2.45, 2.75) is 6.54 Å². The summed E-state index contributed by atoms with van der Waals surface area (Å²) in [6.45, 7) is 0.232. The van der Waals surface area contributed by atoms with E-state index < -0.39 is 5.91 Å². The smallest absolute Gasteiger partial charge is 0.276 e. The van der Waals surface area contributed by atoms with Gasteiger partial charge in [-0.1, -0.05) is 41.9 Å². The number of rotatable bonds is 3. The molecule has 0 aliphatic rings. The van der Waals surface area contributed by atoms with Crippen LogP contribution < -0.4 is 10.7 Å². The second-order valence-corrected chi connectivity index (χ2v) is 5.50. The van der Waals surface area contributed by atoms with Crippen LogP contribution in [0, 0.1) is 0 Å². The van der Waals surface area contributed by atoms with Gasteiger partial charge in [-0.25, -0.2) is 0 Å². The van der Waals surface area contributed by atoms with E-state index in [1.165, 1.54) is 4.68 Å². The van der Waals surface area contributed by atoms with Crippen LogP contribution in [0.15, 0.2) is 53.3 Å². The SMILES string of the molecule is Cn1nc(C(=O)NCc2ccccc2Cl)c(=O)c2ccccc21. The van der Waals surface area contributed by atoms with Gasteiger partial charge in [-0.05, 0) is 23.8 Å². The highest BCUT2D eigenvalue weighted by Gasteiger charge is 2.16. The molecule has 5 nitrogen and oxygen atoms in total. The van der Waals surface area contributed by atoms with Gasteiger partial charge in [-0.3, -0.25) is 14.3 Å². The van der Waals surface area contributed by atoms with Gasteiger partial charge in [0.05, 0.1) is 5.52 Å². The summed E-state index contributed by atoms with van der Waals surface area (Å²) in [7, 11) is 1.70. The van der Waals surface area contributed by atoms with Gasteiger partial charge in [0.15, 0.2) is 5.69 Å². The summed E-state index contributed by atoms with van der Waals surface area (Å²) in [5.41, 5.74) is 0.953. The first-order valence-corrected chi connectivity index (χ1v) is 7.43. The van der Waals surface area contributed by atoms with E-state index in [1.54, 1.807) is 31.3 Å². The van der Waals surface area contributed by atoms with Gasteiger partial charge in [0.1, 0.15) is 0 Å². The molecule has 0 fully saturated rings. The quantitative estimate of drug-likeness (QED) is 0.804. The first-order chi connectivity index (χ1) is 11.1. The third-order valence-electron chi connectivity index (χ3n) is 3.57. The van der Waals surface area contributed by atoms with E-state index in [0.717, 1.165) is 5.56 Å². The topological polar surface area (TPSA) is 64.0 Å². The lowest BCUT2D eigenvalue weighted by Gasteiger charge is -2.09. The summed E-state index contributed by atoms with van der Waals surface area (Å²) < 4.78 is 1.53. The van der Waals surface area contributed by atoms with Crippen molar-refractivity contribution in [3.8, 4) is 0 Å². The summed E-state index contributed by atoms with van der Waals surface area (Å²) >= 11 is 6.06. The molecule has 1 heterocycles. The van der Waals surface area contributed by atoms with Crippen LogP contribution >= 0.6 is 11.6 Å². The lowest BCUT2D eigenvalue weighted by Crippen LogP contribution is -2.31. The molecule has 2 aromatic carbocycles. The van der Waals surface area contributed by atoms with Crippen LogP contribution in [0.4, 0.5) is 0 Å². The third kappa shape index (κ3) is 2.96. The molecule has 0 radical (unpaired) electrons. The predicted octanol–water partition coefficient (Wildman–Crippen LogP) is 2.52. The zero-order valence-electron chi connectivity index (χ0n) is 12.4. The molecule has 116 valence electrons. The number of fused-ring (bicyclic) bond motifs is 1. The monoisotopic (exact) mass is 327 g/mol. The van der Waals surface area contributed by atoms with Crippen LogP contribution in [0.1, 0.15) is 16.1 Å². The number of para-hydroxylation sites is 1. The van der Waals surface area contributed by atoms with Crippen LogP contribution in [0.25, 0.3) is 10.9 Å². The molecule has 23 heavy (non-hydrogen) atoms. The van der Waals surface area contributed by atoms with Gasteiger partial charge in [-0.15, -0.1) is 0 Å². The van der Waals surface area contributed by atoms with Crippen molar-refractivity contribution in [1.82, 2.24) is 15.1 Å². The lowest BCUT2D eigenvalue weighted by molar-refractivity contribution is 0.0943. The largest absolute Gasteiger partial charge is 0.346 e. The second-order valence-electron chi connectivity index (χ2n) is 5.09. The first-order valence-electron chi connectivity index (χ1n) is 7.05. The maximum Gasteiger partial charge on any atom is 0.276 e. The van der Waals surface area contributed by atoms with Crippen LogP contribution in [0.3, 0.4) is 0 Å². The lowest BCUT2D eigenvalue weighted by atomic mass is 10.2. The van der Waals surface area contributed by atoms with E-state index >= 15 is 0 Å². The minimum atomic E-state index is -0.517. The second kappa shape index (κ2) is 6.22. The Bertz CT molecular complexity index is 950. The molecule has 0 atom stereocenters. The summed E-state index contributed by atoms with van der Waals surface area (Å²) in [6.07, 6.45) is 0. The Morgan fingerprint density at radius 3 is 2.65 bits per heavy atom. The molecule has 1 N–H and O–H groups in total. The minimum absolute atomic E-state index is 0.127. The van der Waals surface area contributed by atoms with E-state index in [4.69, 9.17) is 11.6 Å². The van der Waals surface area contributed by atoms with E-state index in [0.29, 0.717) is 15.9 Å². The summed E-state index contributed by atoms with van der Waals surface area (Å²) in [4.78, 5) is 24.8. The fourth-order valence-corrected chi connectivity index (χ4v) is 2.58. The van der Waals surface area contributed by atoms with E-state index in [-0.39, 0.29) is 17.7 Å². The molecule has 6 heteroatoms. The van der Waals surface area contributed by atoms with Crippen molar-refractivity contribution < 1.29 is 4.79 Å². The minimum Gasteiger partial charge on any atom is -0.346 e. The van der Waals surface area contributed by atoms with E-state index in [2.05, 4.69) is 10.4 Å². The number of carbonyl (C=O) groups excluding carboxylic acids is 1. The number of halogens is 1. The van der Waals surface area contributed by atoms with Crippen molar-refractivity contribution in [3.63, 3.8) is 0 Å². The molecule has 0 bridgehead atoms. The molecule has 0 aliphatic heterocycles. The number of hydrogen-bond acceptors (Lipinski definition) is 3. The molecule has 0 unspecified atom stereocenters. The number of carbonyl (C=O) groups is 1. The Labute approximate surface area is 137 Å². The van der Waals surface area contributed by atoms with Crippen LogP contribution in [0.2, 0.25) is 5.02 Å². The molecular weight excluding hydrogens is 314 g/mol. The molecular formula is C17H14ClN3O2.